The van der Waals surface area contributed by atoms with Crippen LogP contribution in [0.4, 0.5) is 4.79 Å². The molecule has 10 heteroatoms. The lowest BCUT2D eigenvalue weighted by atomic mass is 10.1. The molecule has 10 nitrogen and oxygen atoms in total. The summed E-state index contributed by atoms with van der Waals surface area (Å²) in [6.07, 6.45) is 10.3. The normalized spacial score (nSPS) is 14.0. The van der Waals surface area contributed by atoms with E-state index in [1.165, 1.54) is 5.57 Å². The van der Waals surface area contributed by atoms with Crippen molar-refractivity contribution in [1.29, 1.82) is 0 Å². The second-order valence-corrected chi connectivity index (χ2v) is 13.4. The highest BCUT2D eigenvalue weighted by Gasteiger charge is 2.31. The van der Waals surface area contributed by atoms with Crippen LogP contribution < -0.4 is 16.0 Å². The number of hydrogen-bond donors (Lipinski definition) is 3. The standard InChI is InChI=1S/C33H57N3O7/c1-12-14-18-24(17-13-2)23-34-22-16-15-19-25(28(38)42-32(6,7)8)35-30(40)36-26(29(39)43-33(9,10)11)20-21-27(37)41-31(3,4)5/h12,14,17-18,25-26,34H,1,13,15-16,19-23H2,2-11H3,(H2,35,36,40)/b18-14-,24-17+/t25-,26-/m0/s1. The second kappa shape index (κ2) is 19.2. The Labute approximate surface area is 259 Å². The SMILES string of the molecule is C=C/C=C\C(=C/CC)CNCCCC[C@H](NC(=O)N[C@@H](CCC(=O)OC(C)(C)C)C(=O)OC(C)(C)C)C(=O)OC(C)(C)C. The summed E-state index contributed by atoms with van der Waals surface area (Å²) in [6.45, 7) is 22.9. The van der Waals surface area contributed by atoms with Crippen LogP contribution in [0.15, 0.2) is 36.5 Å². The Balaban J connectivity index is 5.38. The molecular weight excluding hydrogens is 550 g/mol. The van der Waals surface area contributed by atoms with Crippen molar-refractivity contribution in [3.8, 4) is 0 Å². The summed E-state index contributed by atoms with van der Waals surface area (Å²) in [5.41, 5.74) is -1.07. The largest absolute Gasteiger partial charge is 0.460 e. The van der Waals surface area contributed by atoms with Crippen LogP contribution in [0.1, 0.15) is 108 Å². The predicted molar refractivity (Wildman–Crippen MR) is 170 cm³/mol. The van der Waals surface area contributed by atoms with Gasteiger partial charge in [-0.15, -0.1) is 0 Å². The maximum Gasteiger partial charge on any atom is 0.329 e. The van der Waals surface area contributed by atoms with E-state index in [0.29, 0.717) is 19.4 Å². The number of ether oxygens (including phenoxy) is 3. The van der Waals surface area contributed by atoms with E-state index in [-0.39, 0.29) is 12.8 Å². The van der Waals surface area contributed by atoms with Gasteiger partial charge < -0.3 is 30.2 Å². The molecule has 0 unspecified atom stereocenters. The van der Waals surface area contributed by atoms with Gasteiger partial charge >= 0.3 is 23.9 Å². The van der Waals surface area contributed by atoms with Gasteiger partial charge in [0.05, 0.1) is 0 Å². The zero-order chi connectivity index (χ0) is 33.3. The Kier molecular flexibility index (Phi) is 17.8. The van der Waals surface area contributed by atoms with Crippen molar-refractivity contribution in [3.63, 3.8) is 0 Å². The molecule has 43 heavy (non-hydrogen) atoms. The van der Waals surface area contributed by atoms with Crippen LogP contribution in [-0.2, 0) is 28.6 Å². The molecule has 2 atom stereocenters. The first-order chi connectivity index (χ1) is 19.8. The molecule has 0 aliphatic rings. The van der Waals surface area contributed by atoms with Crippen molar-refractivity contribution in [2.75, 3.05) is 13.1 Å². The highest BCUT2D eigenvalue weighted by atomic mass is 16.6. The van der Waals surface area contributed by atoms with Crippen LogP contribution in [0.3, 0.4) is 0 Å². The molecule has 0 radical (unpaired) electrons. The molecule has 0 bridgehead atoms. The predicted octanol–water partition coefficient (Wildman–Crippen LogP) is 5.67. The minimum absolute atomic E-state index is 0.0313. The topological polar surface area (TPSA) is 132 Å². The zero-order valence-corrected chi connectivity index (χ0v) is 28.2. The Hall–Kier alpha value is -3.14. The van der Waals surface area contributed by atoms with E-state index in [2.05, 4.69) is 35.5 Å². The molecule has 0 saturated heterocycles. The monoisotopic (exact) mass is 607 g/mol. The van der Waals surface area contributed by atoms with Crippen LogP contribution in [0, 0.1) is 0 Å². The molecule has 2 amide bonds. The third kappa shape index (κ3) is 22.1. The minimum Gasteiger partial charge on any atom is -0.460 e. The Morgan fingerprint density at radius 2 is 1.28 bits per heavy atom. The van der Waals surface area contributed by atoms with Gasteiger partial charge in [0.25, 0.3) is 0 Å². The first-order valence-electron chi connectivity index (χ1n) is 15.2. The number of hydrogen-bond acceptors (Lipinski definition) is 8. The first-order valence-corrected chi connectivity index (χ1v) is 15.2. The number of unbranched alkanes of at least 4 members (excludes halogenated alkanes) is 1. The van der Waals surface area contributed by atoms with E-state index < -0.39 is 52.8 Å². The number of esters is 3. The number of carbonyl (C=O) groups is 4. The number of carbonyl (C=O) groups excluding carboxylic acids is 4. The maximum atomic E-state index is 13.0. The number of urea groups is 1. The summed E-state index contributed by atoms with van der Waals surface area (Å²) < 4.78 is 16.3. The van der Waals surface area contributed by atoms with Gasteiger partial charge in [0, 0.05) is 13.0 Å². The molecule has 246 valence electrons. The fraction of sp³-hybridized carbons (Fsp3) is 0.697. The average Bonchev–Trinajstić information content (AvgIpc) is 2.82. The lowest BCUT2D eigenvalue weighted by molar-refractivity contribution is -0.159. The highest BCUT2D eigenvalue weighted by Crippen LogP contribution is 2.15. The summed E-state index contributed by atoms with van der Waals surface area (Å²) in [5.74, 6) is -1.76. The third-order valence-electron chi connectivity index (χ3n) is 5.39. The summed E-state index contributed by atoms with van der Waals surface area (Å²) in [5, 5.41) is 8.65. The van der Waals surface area contributed by atoms with Crippen LogP contribution in [0.5, 0.6) is 0 Å². The van der Waals surface area contributed by atoms with Gasteiger partial charge in [-0.25, -0.2) is 14.4 Å². The number of amides is 2. The molecule has 0 aromatic rings. The average molecular weight is 608 g/mol. The molecule has 0 fully saturated rings. The van der Waals surface area contributed by atoms with Gasteiger partial charge in [0.2, 0.25) is 0 Å². The van der Waals surface area contributed by atoms with E-state index >= 15 is 0 Å². The number of nitrogens with one attached hydrogen (secondary N) is 3. The van der Waals surface area contributed by atoms with E-state index in [4.69, 9.17) is 14.2 Å². The number of allylic oxidation sites excluding steroid dienone is 3. The first kappa shape index (κ1) is 39.9. The lowest BCUT2D eigenvalue weighted by Gasteiger charge is -2.27. The summed E-state index contributed by atoms with van der Waals surface area (Å²) in [4.78, 5) is 51.2. The fourth-order valence-corrected chi connectivity index (χ4v) is 3.74. The molecule has 0 spiro atoms. The fourth-order valence-electron chi connectivity index (χ4n) is 3.74. The van der Waals surface area contributed by atoms with Crippen molar-refractivity contribution < 1.29 is 33.4 Å². The maximum absolute atomic E-state index is 13.0. The van der Waals surface area contributed by atoms with Crippen LogP contribution >= 0.6 is 0 Å². The van der Waals surface area contributed by atoms with Crippen LogP contribution in [0.2, 0.25) is 0 Å². The van der Waals surface area contributed by atoms with Gasteiger partial charge in [-0.2, -0.15) is 0 Å². The lowest BCUT2D eigenvalue weighted by Crippen LogP contribution is -2.53. The van der Waals surface area contributed by atoms with Gasteiger partial charge in [-0.1, -0.05) is 37.8 Å². The van der Waals surface area contributed by atoms with Crippen LogP contribution in [0.25, 0.3) is 0 Å². The molecule has 0 aromatic carbocycles. The van der Waals surface area contributed by atoms with Gasteiger partial charge in [-0.3, -0.25) is 4.79 Å². The van der Waals surface area contributed by atoms with Gasteiger partial charge in [0.1, 0.15) is 28.9 Å². The second-order valence-electron chi connectivity index (χ2n) is 13.4. The molecule has 0 saturated carbocycles. The van der Waals surface area contributed by atoms with E-state index in [9.17, 15) is 19.2 Å². The van der Waals surface area contributed by atoms with Gasteiger partial charge in [0.15, 0.2) is 0 Å². The number of rotatable bonds is 17. The van der Waals surface area contributed by atoms with Crippen molar-refractivity contribution >= 4 is 23.9 Å². The molecule has 3 N–H and O–H groups in total. The molecule has 0 heterocycles. The summed E-state index contributed by atoms with van der Waals surface area (Å²) in [7, 11) is 0. The summed E-state index contributed by atoms with van der Waals surface area (Å²) in [6, 6.07) is -2.80. The third-order valence-corrected chi connectivity index (χ3v) is 5.39. The smallest absolute Gasteiger partial charge is 0.329 e. The van der Waals surface area contributed by atoms with Crippen molar-refractivity contribution in [2.45, 2.75) is 137 Å². The Bertz CT molecular complexity index is 966. The molecule has 0 aliphatic carbocycles. The Morgan fingerprint density at radius 3 is 1.74 bits per heavy atom. The molecule has 0 aliphatic heterocycles. The zero-order valence-electron chi connectivity index (χ0n) is 28.2. The Morgan fingerprint density at radius 1 is 0.767 bits per heavy atom. The van der Waals surface area contributed by atoms with Crippen LogP contribution in [-0.4, -0.2) is 65.9 Å². The van der Waals surface area contributed by atoms with Crippen molar-refractivity contribution in [1.82, 2.24) is 16.0 Å². The van der Waals surface area contributed by atoms with Gasteiger partial charge in [-0.05, 0) is 107 Å². The molecule has 0 rings (SSSR count). The van der Waals surface area contributed by atoms with Crippen molar-refractivity contribution in [2.24, 2.45) is 0 Å². The van der Waals surface area contributed by atoms with E-state index in [1.807, 2.05) is 12.2 Å². The van der Waals surface area contributed by atoms with E-state index in [1.54, 1.807) is 68.4 Å². The van der Waals surface area contributed by atoms with E-state index in [0.717, 1.165) is 19.4 Å². The molecular formula is C33H57N3O7. The highest BCUT2D eigenvalue weighted by molar-refractivity contribution is 5.87. The van der Waals surface area contributed by atoms with Crippen molar-refractivity contribution in [3.05, 3.63) is 36.5 Å². The molecule has 0 aromatic heterocycles. The minimum atomic E-state index is -1.13. The summed E-state index contributed by atoms with van der Waals surface area (Å²) >= 11 is 0. The quantitative estimate of drug-likeness (QED) is 0.0835.